The summed E-state index contributed by atoms with van der Waals surface area (Å²) in [5.74, 6) is 0.631. The van der Waals surface area contributed by atoms with Gasteiger partial charge in [0.15, 0.2) is 0 Å². The largest absolute Gasteiger partial charge is 0.497 e. The van der Waals surface area contributed by atoms with Crippen LogP contribution in [-0.4, -0.2) is 29.3 Å². The van der Waals surface area contributed by atoms with Crippen LogP contribution in [-0.2, 0) is 0 Å². The molecule has 2 N–H and O–H groups in total. The van der Waals surface area contributed by atoms with Crippen molar-refractivity contribution in [1.82, 2.24) is 9.97 Å². The summed E-state index contributed by atoms with van der Waals surface area (Å²) in [6.45, 7) is 0. The summed E-state index contributed by atoms with van der Waals surface area (Å²) < 4.78 is 10.5. The maximum absolute atomic E-state index is 12.3. The number of hydrogen-bond acceptors (Lipinski definition) is 8. The van der Waals surface area contributed by atoms with Crippen LogP contribution in [0.15, 0.2) is 88.8 Å². The van der Waals surface area contributed by atoms with Gasteiger partial charge in [-0.3, -0.25) is 9.78 Å². The van der Waals surface area contributed by atoms with E-state index in [1.807, 2.05) is 12.1 Å². The molecule has 1 heterocycles. The fourth-order valence-corrected chi connectivity index (χ4v) is 3.12. The monoisotopic (exact) mass is 465 g/mol. The van der Waals surface area contributed by atoms with Gasteiger partial charge in [0.05, 0.1) is 24.6 Å². The third-order valence-electron chi connectivity index (χ3n) is 4.88. The van der Waals surface area contributed by atoms with Crippen molar-refractivity contribution in [3.05, 3.63) is 106 Å². The summed E-state index contributed by atoms with van der Waals surface area (Å²) in [5, 5.41) is 13.4. The van der Waals surface area contributed by atoms with Crippen molar-refractivity contribution in [2.24, 2.45) is 5.10 Å². The van der Waals surface area contributed by atoms with E-state index in [2.05, 4.69) is 20.5 Å². The van der Waals surface area contributed by atoms with E-state index < -0.39 is 11.5 Å². The van der Waals surface area contributed by atoms with Crippen LogP contribution in [0.25, 0.3) is 11.3 Å². The Morgan fingerprint density at radius 1 is 1.03 bits per heavy atom. The van der Waals surface area contributed by atoms with E-state index in [1.54, 1.807) is 79.9 Å². The van der Waals surface area contributed by atoms with E-state index >= 15 is 0 Å². The number of nitrogens with zero attached hydrogens (tertiary/aromatic N) is 3. The first-order chi connectivity index (χ1) is 17.1. The Kier molecular flexibility index (Phi) is 6.94. The van der Waals surface area contributed by atoms with Crippen molar-refractivity contribution in [2.45, 2.75) is 0 Å². The first kappa shape index (κ1) is 22.9. The highest BCUT2D eigenvalue weighted by Gasteiger charge is 2.13. The molecule has 1 aromatic heterocycles. The van der Waals surface area contributed by atoms with Gasteiger partial charge >= 0.3 is 5.97 Å². The molecule has 0 fully saturated rings. The minimum atomic E-state index is -0.568. The number of hydrazone groups is 1. The van der Waals surface area contributed by atoms with Crippen LogP contribution in [0.4, 0.5) is 5.95 Å². The highest BCUT2D eigenvalue weighted by atomic mass is 16.5. The number of nitrogens with one attached hydrogen (secondary N) is 2. The molecule has 4 rings (SSSR count). The summed E-state index contributed by atoms with van der Waals surface area (Å²) in [4.78, 5) is 31.4. The number of carbonyl (C=O) groups is 1. The molecular formula is C26H19N5O4. The topological polar surface area (TPSA) is 129 Å². The highest BCUT2D eigenvalue weighted by molar-refractivity contribution is 5.91. The minimum absolute atomic E-state index is 0.0782. The maximum Gasteiger partial charge on any atom is 0.343 e. The van der Waals surface area contributed by atoms with Crippen LogP contribution in [0.5, 0.6) is 11.5 Å². The van der Waals surface area contributed by atoms with Crippen molar-refractivity contribution in [3.63, 3.8) is 0 Å². The zero-order valence-corrected chi connectivity index (χ0v) is 18.6. The Morgan fingerprint density at radius 3 is 2.37 bits per heavy atom. The molecule has 0 saturated carbocycles. The van der Waals surface area contributed by atoms with E-state index in [1.165, 1.54) is 6.21 Å². The SMILES string of the molecule is COc1ccc(C(=O)Oc2ccc(C=NNc3nc(-c4ccccc4)c(C#N)c(=O)[nH]3)cc2)cc1. The number of benzene rings is 3. The van der Waals surface area contributed by atoms with Crippen molar-refractivity contribution in [1.29, 1.82) is 5.26 Å². The lowest BCUT2D eigenvalue weighted by atomic mass is 10.1. The molecule has 0 saturated heterocycles. The van der Waals surface area contributed by atoms with Crippen LogP contribution in [0.3, 0.4) is 0 Å². The normalized spacial score (nSPS) is 10.5. The second-order valence-corrected chi connectivity index (χ2v) is 7.17. The third-order valence-corrected chi connectivity index (χ3v) is 4.88. The minimum Gasteiger partial charge on any atom is -0.497 e. The molecule has 0 atom stereocenters. The van der Waals surface area contributed by atoms with Crippen LogP contribution in [0.2, 0.25) is 0 Å². The van der Waals surface area contributed by atoms with E-state index in [9.17, 15) is 14.9 Å². The number of H-pyrrole nitrogens is 1. The molecule has 4 aromatic rings. The molecule has 0 unspecified atom stereocenters. The standard InChI is InChI=1S/C26H19N5O4/c1-34-20-13-9-19(10-14-20)25(33)35-21-11-7-17(8-12-21)16-28-31-26-29-23(18-5-3-2-4-6-18)22(15-27)24(32)30-26/h2-14,16H,1H3,(H2,29,30,31,32). The van der Waals surface area contributed by atoms with Gasteiger partial charge in [-0.1, -0.05) is 30.3 Å². The third kappa shape index (κ3) is 5.58. The van der Waals surface area contributed by atoms with E-state index in [0.29, 0.717) is 28.2 Å². The fourth-order valence-electron chi connectivity index (χ4n) is 3.12. The number of carbonyl (C=O) groups excluding carboxylic acids is 1. The van der Waals surface area contributed by atoms with Crippen molar-refractivity contribution < 1.29 is 14.3 Å². The molecule has 35 heavy (non-hydrogen) atoms. The van der Waals surface area contributed by atoms with Crippen molar-refractivity contribution >= 4 is 18.1 Å². The van der Waals surface area contributed by atoms with Gasteiger partial charge in [-0.15, -0.1) is 0 Å². The van der Waals surface area contributed by atoms with Crippen molar-refractivity contribution in [3.8, 4) is 28.8 Å². The van der Waals surface area contributed by atoms with Crippen LogP contribution in [0.1, 0.15) is 21.5 Å². The lowest BCUT2D eigenvalue weighted by Gasteiger charge is -2.06. The maximum atomic E-state index is 12.3. The number of rotatable bonds is 7. The molecular weight excluding hydrogens is 446 g/mol. The Morgan fingerprint density at radius 2 is 1.71 bits per heavy atom. The van der Waals surface area contributed by atoms with Crippen LogP contribution in [0, 0.1) is 11.3 Å². The average molecular weight is 465 g/mol. The van der Waals surface area contributed by atoms with Crippen LogP contribution < -0.4 is 20.5 Å². The van der Waals surface area contributed by atoms with Gasteiger partial charge in [0, 0.05) is 5.56 Å². The van der Waals surface area contributed by atoms with E-state index in [0.717, 1.165) is 0 Å². The first-order valence-corrected chi connectivity index (χ1v) is 10.4. The second kappa shape index (κ2) is 10.6. The van der Waals surface area contributed by atoms with Gasteiger partial charge in [0.2, 0.25) is 5.95 Å². The summed E-state index contributed by atoms with van der Waals surface area (Å²) >= 11 is 0. The number of aromatic nitrogens is 2. The average Bonchev–Trinajstić information content (AvgIpc) is 2.90. The number of hydrogen-bond donors (Lipinski definition) is 2. The molecule has 0 aliphatic heterocycles. The molecule has 0 amide bonds. The number of methoxy groups -OCH3 is 1. The molecule has 0 spiro atoms. The molecule has 9 heteroatoms. The van der Waals surface area contributed by atoms with Gasteiger partial charge in [-0.25, -0.2) is 15.2 Å². The highest BCUT2D eigenvalue weighted by Crippen LogP contribution is 2.20. The number of ether oxygens (including phenoxy) is 2. The Balaban J connectivity index is 1.43. The molecule has 0 bridgehead atoms. The lowest BCUT2D eigenvalue weighted by molar-refractivity contribution is 0.0734. The fraction of sp³-hybridized carbons (Fsp3) is 0.0385. The van der Waals surface area contributed by atoms with Crippen LogP contribution >= 0.6 is 0 Å². The summed E-state index contributed by atoms with van der Waals surface area (Å²) in [6.07, 6.45) is 1.51. The number of esters is 1. The summed E-state index contributed by atoms with van der Waals surface area (Å²) in [7, 11) is 1.55. The van der Waals surface area contributed by atoms with Gasteiger partial charge in [-0.05, 0) is 54.1 Å². The van der Waals surface area contributed by atoms with Gasteiger partial charge < -0.3 is 9.47 Å². The summed E-state index contributed by atoms with van der Waals surface area (Å²) in [5.41, 5.74) is 4.04. The van der Waals surface area contributed by atoms with E-state index in [4.69, 9.17) is 9.47 Å². The molecule has 172 valence electrons. The molecule has 0 aliphatic carbocycles. The molecule has 0 aliphatic rings. The van der Waals surface area contributed by atoms with Gasteiger partial charge in [0.1, 0.15) is 23.1 Å². The number of aromatic amines is 1. The zero-order valence-electron chi connectivity index (χ0n) is 18.6. The van der Waals surface area contributed by atoms with Crippen molar-refractivity contribution in [2.75, 3.05) is 12.5 Å². The lowest BCUT2D eigenvalue weighted by Crippen LogP contribution is -2.16. The molecule has 0 radical (unpaired) electrons. The molecule has 3 aromatic carbocycles. The van der Waals surface area contributed by atoms with Gasteiger partial charge in [-0.2, -0.15) is 10.4 Å². The Bertz CT molecular complexity index is 1460. The predicted molar refractivity (Wildman–Crippen MR) is 131 cm³/mol. The summed E-state index contributed by atoms with van der Waals surface area (Å²) in [6, 6.07) is 24.2. The van der Waals surface area contributed by atoms with Gasteiger partial charge in [0.25, 0.3) is 5.56 Å². The molecule has 9 nitrogen and oxygen atoms in total. The second-order valence-electron chi connectivity index (χ2n) is 7.17. The number of nitriles is 1. The number of anilines is 1. The first-order valence-electron chi connectivity index (χ1n) is 10.4. The zero-order chi connectivity index (χ0) is 24.6. The Hall–Kier alpha value is -5.23. The predicted octanol–water partition coefficient (Wildman–Crippen LogP) is 3.98. The smallest absolute Gasteiger partial charge is 0.343 e. The van der Waals surface area contributed by atoms with E-state index in [-0.39, 0.29) is 17.2 Å². The Labute approximate surface area is 200 Å². The quantitative estimate of drug-likeness (QED) is 0.183.